The van der Waals surface area contributed by atoms with Crippen LogP contribution in [0.2, 0.25) is 0 Å². The van der Waals surface area contributed by atoms with Crippen molar-refractivity contribution in [2.45, 2.75) is 24.7 Å². The Kier molecular flexibility index (Phi) is 3.23. The fourth-order valence-corrected chi connectivity index (χ4v) is 5.96. The summed E-state index contributed by atoms with van der Waals surface area (Å²) in [5.74, 6) is 1.12. The number of carbonyl (C=O) groups is 1. The molecule has 0 spiro atoms. The Morgan fingerprint density at radius 1 is 1.08 bits per heavy atom. The van der Waals surface area contributed by atoms with Crippen LogP contribution in [0.5, 0.6) is 0 Å². The monoisotopic (exact) mass is 394 g/mol. The highest BCUT2D eigenvalue weighted by molar-refractivity contribution is 9.10. The first-order valence-electron chi connectivity index (χ1n) is 8.87. The second-order valence-corrected chi connectivity index (χ2v) is 8.31. The highest BCUT2D eigenvalue weighted by Gasteiger charge is 3.01. The van der Waals surface area contributed by atoms with E-state index in [1.54, 1.807) is 6.21 Å². The van der Waals surface area contributed by atoms with Crippen molar-refractivity contribution in [2.75, 3.05) is 0 Å². The molecule has 2 atom stereocenters. The summed E-state index contributed by atoms with van der Waals surface area (Å²) in [6.45, 7) is 0. The highest BCUT2D eigenvalue weighted by atomic mass is 79.9. The molecule has 3 nitrogen and oxygen atoms in total. The number of hydrazone groups is 1. The van der Waals surface area contributed by atoms with Gasteiger partial charge in [-0.15, -0.1) is 0 Å². The van der Waals surface area contributed by atoms with Crippen molar-refractivity contribution >= 4 is 28.1 Å². The number of nitrogens with one attached hydrogen (secondary N) is 1. The van der Waals surface area contributed by atoms with Gasteiger partial charge in [-0.3, -0.25) is 4.79 Å². The average molecular weight is 395 g/mol. The molecule has 126 valence electrons. The van der Waals surface area contributed by atoms with Gasteiger partial charge >= 0.3 is 0 Å². The van der Waals surface area contributed by atoms with Crippen LogP contribution in [0.3, 0.4) is 0 Å². The summed E-state index contributed by atoms with van der Waals surface area (Å²) in [4.78, 5) is 13.0. The van der Waals surface area contributed by atoms with Crippen molar-refractivity contribution in [3.63, 3.8) is 0 Å². The van der Waals surface area contributed by atoms with E-state index in [-0.39, 0.29) is 16.7 Å². The second-order valence-electron chi connectivity index (χ2n) is 7.39. The molecule has 0 unspecified atom stereocenters. The molecule has 5 rings (SSSR count). The molecule has 1 amide bonds. The van der Waals surface area contributed by atoms with Crippen LogP contribution in [0.25, 0.3) is 0 Å². The third-order valence-corrected chi connectivity index (χ3v) is 7.11. The van der Waals surface area contributed by atoms with E-state index >= 15 is 0 Å². The lowest BCUT2D eigenvalue weighted by atomic mass is 9.77. The van der Waals surface area contributed by atoms with Crippen molar-refractivity contribution in [3.8, 4) is 0 Å². The van der Waals surface area contributed by atoms with E-state index in [4.69, 9.17) is 0 Å². The van der Waals surface area contributed by atoms with Crippen LogP contribution in [0, 0.1) is 17.3 Å². The zero-order chi connectivity index (χ0) is 17.1. The van der Waals surface area contributed by atoms with Crippen molar-refractivity contribution in [3.05, 3.63) is 70.2 Å². The normalized spacial score (nSPS) is 34.4. The number of amides is 1. The minimum absolute atomic E-state index is 0.101. The van der Waals surface area contributed by atoms with Crippen LogP contribution in [0.15, 0.2) is 64.2 Å². The van der Waals surface area contributed by atoms with E-state index in [1.165, 1.54) is 12.0 Å². The zero-order valence-electron chi connectivity index (χ0n) is 13.8. The Bertz CT molecular complexity index is 847. The topological polar surface area (TPSA) is 41.5 Å². The maximum Gasteiger partial charge on any atom is 0.247 e. The van der Waals surface area contributed by atoms with E-state index in [0.29, 0.717) is 11.8 Å². The van der Waals surface area contributed by atoms with Crippen LogP contribution in [-0.4, -0.2) is 12.1 Å². The SMILES string of the molecule is O=C(N/N=C\c1ccc(Br)cc1)C12[C@H]3CCC[C@H]1C32c1ccccc1. The smallest absolute Gasteiger partial charge is 0.247 e. The molecule has 0 saturated heterocycles. The summed E-state index contributed by atoms with van der Waals surface area (Å²) in [6, 6.07) is 18.5. The first-order valence-corrected chi connectivity index (χ1v) is 9.66. The summed E-state index contributed by atoms with van der Waals surface area (Å²) in [6.07, 6.45) is 5.29. The molecule has 0 aromatic heterocycles. The molecular formula is C21H19BrN2O. The predicted molar refractivity (Wildman–Crippen MR) is 101 cm³/mol. The molecule has 3 fully saturated rings. The van der Waals surface area contributed by atoms with Crippen LogP contribution in [0.1, 0.15) is 30.4 Å². The third-order valence-electron chi connectivity index (χ3n) is 6.58. The maximum absolute atomic E-state index is 13.0. The largest absolute Gasteiger partial charge is 0.272 e. The van der Waals surface area contributed by atoms with Crippen molar-refractivity contribution in [1.82, 2.24) is 5.43 Å². The molecule has 2 aromatic rings. The summed E-state index contributed by atoms with van der Waals surface area (Å²) in [7, 11) is 0. The second kappa shape index (κ2) is 5.28. The standard InChI is InChI=1S/C21H19BrN2O/c22-16-11-9-14(10-12-16)13-23-24-19(25)21-17-7-4-8-18(21)20(17,21)15-5-2-1-3-6-15/h1-3,5-6,9-13,17-18H,4,7-8H2,(H,24,25)/b23-13-/t17-,18-,20?,21?/m0/s1. The van der Waals surface area contributed by atoms with Crippen LogP contribution in [0.4, 0.5) is 0 Å². The molecule has 25 heavy (non-hydrogen) atoms. The molecule has 2 aromatic carbocycles. The summed E-state index contributed by atoms with van der Waals surface area (Å²) >= 11 is 3.42. The van der Waals surface area contributed by atoms with Crippen LogP contribution < -0.4 is 5.43 Å². The number of nitrogens with zero attached hydrogens (tertiary/aromatic N) is 1. The molecule has 0 bridgehead atoms. The van der Waals surface area contributed by atoms with E-state index < -0.39 is 0 Å². The fraction of sp³-hybridized carbons (Fsp3) is 0.333. The number of halogens is 1. The van der Waals surface area contributed by atoms with Gasteiger partial charge in [0.1, 0.15) is 0 Å². The summed E-state index contributed by atoms with van der Waals surface area (Å²) in [5.41, 5.74) is 5.06. The predicted octanol–water partition coefficient (Wildman–Crippen LogP) is 4.27. The summed E-state index contributed by atoms with van der Waals surface area (Å²) < 4.78 is 1.03. The van der Waals surface area contributed by atoms with Crippen LogP contribution in [-0.2, 0) is 10.2 Å². The molecule has 0 heterocycles. The number of rotatable bonds is 4. The molecule has 1 N–H and O–H groups in total. The van der Waals surface area contributed by atoms with Gasteiger partial charge in [0.05, 0.1) is 11.6 Å². The van der Waals surface area contributed by atoms with E-state index in [9.17, 15) is 4.79 Å². The number of hydrogen-bond donors (Lipinski definition) is 1. The number of benzene rings is 2. The Labute approximate surface area is 155 Å². The lowest BCUT2D eigenvalue weighted by molar-refractivity contribution is -0.126. The van der Waals surface area contributed by atoms with Gasteiger partial charge in [-0.2, -0.15) is 5.10 Å². The first kappa shape index (κ1) is 15.3. The molecular weight excluding hydrogens is 376 g/mol. The number of fused-ring (bicyclic) bond motifs is 2. The molecule has 3 saturated carbocycles. The molecule has 3 aliphatic carbocycles. The first-order chi connectivity index (χ1) is 12.2. The zero-order valence-corrected chi connectivity index (χ0v) is 15.4. The van der Waals surface area contributed by atoms with Gasteiger partial charge in [0, 0.05) is 9.89 Å². The van der Waals surface area contributed by atoms with Crippen molar-refractivity contribution in [1.29, 1.82) is 0 Å². The summed E-state index contributed by atoms with van der Waals surface area (Å²) in [5, 5.41) is 4.22. The molecule has 0 aliphatic heterocycles. The maximum atomic E-state index is 13.0. The lowest BCUT2D eigenvalue weighted by Gasteiger charge is -2.27. The van der Waals surface area contributed by atoms with E-state index in [0.717, 1.165) is 22.9 Å². The Balaban J connectivity index is 1.35. The fourth-order valence-electron chi connectivity index (χ4n) is 5.70. The van der Waals surface area contributed by atoms with Gasteiger partial charge in [0.15, 0.2) is 0 Å². The van der Waals surface area contributed by atoms with E-state index in [2.05, 4.69) is 50.7 Å². The van der Waals surface area contributed by atoms with Gasteiger partial charge in [-0.05, 0) is 47.9 Å². The average Bonchev–Trinajstić information content (AvgIpc) is 3.51. The minimum Gasteiger partial charge on any atom is -0.272 e. The third kappa shape index (κ3) is 1.86. The molecule has 0 radical (unpaired) electrons. The Morgan fingerprint density at radius 3 is 2.44 bits per heavy atom. The van der Waals surface area contributed by atoms with Gasteiger partial charge in [-0.25, -0.2) is 5.43 Å². The van der Waals surface area contributed by atoms with Crippen LogP contribution >= 0.6 is 15.9 Å². The quantitative estimate of drug-likeness (QED) is 0.610. The van der Waals surface area contributed by atoms with Gasteiger partial charge in [0.25, 0.3) is 0 Å². The number of hydrogen-bond acceptors (Lipinski definition) is 2. The van der Waals surface area contributed by atoms with E-state index in [1.807, 2.05) is 30.3 Å². The van der Waals surface area contributed by atoms with Gasteiger partial charge < -0.3 is 0 Å². The molecule has 4 heteroatoms. The van der Waals surface area contributed by atoms with Gasteiger partial charge in [-0.1, -0.05) is 64.8 Å². The highest BCUT2D eigenvalue weighted by Crippen LogP contribution is 2.97. The number of carbonyl (C=O) groups excluding carboxylic acids is 1. The lowest BCUT2D eigenvalue weighted by Crippen LogP contribution is -2.31. The Hall–Kier alpha value is -1.94. The van der Waals surface area contributed by atoms with Gasteiger partial charge in [0.2, 0.25) is 5.91 Å². The molecule has 3 aliphatic rings. The van der Waals surface area contributed by atoms with Crippen molar-refractivity contribution in [2.24, 2.45) is 22.4 Å². The van der Waals surface area contributed by atoms with Crippen molar-refractivity contribution < 1.29 is 4.79 Å². The Morgan fingerprint density at radius 2 is 1.76 bits per heavy atom. The minimum atomic E-state index is -0.191.